The maximum absolute atomic E-state index is 3.68. The maximum Gasteiger partial charge on any atom is 0.244 e. The minimum Gasteiger partial charge on any atom is -0.323 e. The van der Waals surface area contributed by atoms with E-state index >= 15 is 0 Å². The predicted octanol–water partition coefficient (Wildman–Crippen LogP) is 1.37. The van der Waals surface area contributed by atoms with Crippen LogP contribution in [0.1, 0.15) is 0 Å². The molecule has 0 fully saturated rings. The topological polar surface area (TPSA) is 66.5 Å². The van der Waals surface area contributed by atoms with Crippen LogP contribution < -0.4 is 5.32 Å². The molecule has 68 valence electrons. The predicted molar refractivity (Wildman–Crippen MR) is 51.2 cm³/mol. The molecule has 2 aromatic rings. The van der Waals surface area contributed by atoms with Crippen molar-refractivity contribution in [1.29, 1.82) is 0 Å². The molecule has 2 N–H and O–H groups in total. The van der Waals surface area contributed by atoms with Gasteiger partial charge in [-0.2, -0.15) is 0 Å². The lowest BCUT2D eigenvalue weighted by Gasteiger charge is -1.98. The molecule has 0 amide bonds. The summed E-state index contributed by atoms with van der Waals surface area (Å²) in [4.78, 5) is 0. The van der Waals surface area contributed by atoms with Gasteiger partial charge in [0.2, 0.25) is 5.95 Å². The zero-order chi connectivity index (χ0) is 8.23. The highest BCUT2D eigenvalue weighted by molar-refractivity contribution is 5.85. The van der Waals surface area contributed by atoms with Crippen molar-refractivity contribution in [3.05, 3.63) is 30.3 Å². The van der Waals surface area contributed by atoms with E-state index in [1.54, 1.807) is 0 Å². The maximum atomic E-state index is 3.68. The third-order valence-corrected chi connectivity index (χ3v) is 1.38. The quantitative estimate of drug-likeness (QED) is 0.763. The molecule has 0 saturated heterocycles. The van der Waals surface area contributed by atoms with E-state index in [0.717, 1.165) is 5.69 Å². The van der Waals surface area contributed by atoms with Crippen molar-refractivity contribution < 1.29 is 0 Å². The Hall–Kier alpha value is -1.62. The smallest absolute Gasteiger partial charge is 0.244 e. The first-order valence-electron chi connectivity index (χ1n) is 3.51. The van der Waals surface area contributed by atoms with Crippen LogP contribution in [0.3, 0.4) is 0 Å². The highest BCUT2D eigenvalue weighted by Gasteiger charge is 1.94. The van der Waals surface area contributed by atoms with Gasteiger partial charge in [0, 0.05) is 5.69 Å². The number of nitrogens with one attached hydrogen (secondary N) is 2. The van der Waals surface area contributed by atoms with Gasteiger partial charge < -0.3 is 5.32 Å². The third kappa shape index (κ3) is 2.41. The van der Waals surface area contributed by atoms with Gasteiger partial charge in [-0.15, -0.1) is 12.4 Å². The summed E-state index contributed by atoms with van der Waals surface area (Å²) in [6.45, 7) is 0. The molecule has 0 atom stereocenters. The molecule has 0 bridgehead atoms. The van der Waals surface area contributed by atoms with Crippen molar-refractivity contribution in [3.63, 3.8) is 0 Å². The van der Waals surface area contributed by atoms with E-state index in [9.17, 15) is 0 Å². The molecule has 0 radical (unpaired) electrons. The van der Waals surface area contributed by atoms with E-state index in [4.69, 9.17) is 0 Å². The zero-order valence-electron chi connectivity index (χ0n) is 6.64. The van der Waals surface area contributed by atoms with E-state index in [2.05, 4.69) is 25.9 Å². The van der Waals surface area contributed by atoms with Gasteiger partial charge in [0.05, 0.1) is 0 Å². The zero-order valence-corrected chi connectivity index (χ0v) is 7.45. The van der Waals surface area contributed by atoms with Gasteiger partial charge in [-0.3, -0.25) is 0 Å². The number of aromatic nitrogens is 4. The number of tetrazole rings is 1. The Kier molecular flexibility index (Phi) is 3.22. The van der Waals surface area contributed by atoms with Crippen molar-refractivity contribution in [1.82, 2.24) is 20.6 Å². The molecule has 1 heterocycles. The van der Waals surface area contributed by atoms with Gasteiger partial charge in [-0.05, 0) is 22.6 Å². The normalized spacial score (nSPS) is 8.92. The first-order chi connectivity index (χ1) is 5.95. The summed E-state index contributed by atoms with van der Waals surface area (Å²) >= 11 is 0. The number of H-pyrrole nitrogens is 1. The molecule has 1 aromatic heterocycles. The average molecular weight is 198 g/mol. The minimum atomic E-state index is 0. The van der Waals surface area contributed by atoms with Crippen LogP contribution in [-0.4, -0.2) is 20.6 Å². The van der Waals surface area contributed by atoms with E-state index in [1.807, 2.05) is 30.3 Å². The summed E-state index contributed by atoms with van der Waals surface area (Å²) in [5.74, 6) is 0.543. The summed E-state index contributed by atoms with van der Waals surface area (Å²) in [6, 6.07) is 9.69. The van der Waals surface area contributed by atoms with Crippen molar-refractivity contribution >= 4 is 24.0 Å². The van der Waals surface area contributed by atoms with Crippen LogP contribution in [0.2, 0.25) is 0 Å². The average Bonchev–Trinajstić information content (AvgIpc) is 2.59. The lowest BCUT2D eigenvalue weighted by Crippen LogP contribution is -1.91. The highest BCUT2D eigenvalue weighted by Crippen LogP contribution is 2.09. The Bertz CT molecular complexity index is 333. The number of benzene rings is 1. The standard InChI is InChI=1S/C7H7N5.ClH/c1-2-4-6(5-3-1)8-7-9-11-12-10-7;/h1-5H,(H2,8,9,10,11,12);1H. The Morgan fingerprint density at radius 2 is 1.92 bits per heavy atom. The fourth-order valence-electron chi connectivity index (χ4n) is 0.870. The van der Waals surface area contributed by atoms with Crippen LogP contribution in [-0.2, 0) is 0 Å². The Labute approximate surface area is 81.0 Å². The minimum absolute atomic E-state index is 0. The van der Waals surface area contributed by atoms with Gasteiger partial charge in [0.1, 0.15) is 0 Å². The van der Waals surface area contributed by atoms with E-state index in [-0.39, 0.29) is 12.4 Å². The van der Waals surface area contributed by atoms with Crippen molar-refractivity contribution in [2.75, 3.05) is 5.32 Å². The van der Waals surface area contributed by atoms with Crippen LogP contribution in [0, 0.1) is 0 Å². The number of anilines is 2. The highest BCUT2D eigenvalue weighted by atomic mass is 35.5. The summed E-state index contributed by atoms with van der Waals surface area (Å²) in [6.07, 6.45) is 0. The van der Waals surface area contributed by atoms with Crippen molar-refractivity contribution in [2.45, 2.75) is 0 Å². The van der Waals surface area contributed by atoms with Crippen LogP contribution in [0.25, 0.3) is 0 Å². The summed E-state index contributed by atoms with van der Waals surface area (Å²) in [5.41, 5.74) is 0.955. The molecule has 0 aliphatic carbocycles. The molecular formula is C7H8ClN5. The fraction of sp³-hybridized carbons (Fsp3) is 0. The molecule has 0 unspecified atom stereocenters. The molecular weight excluding hydrogens is 190 g/mol. The molecule has 13 heavy (non-hydrogen) atoms. The molecule has 0 saturated carbocycles. The Balaban J connectivity index is 0.000000845. The number of hydrogen-bond acceptors (Lipinski definition) is 4. The number of aromatic amines is 1. The summed E-state index contributed by atoms with van der Waals surface area (Å²) in [7, 11) is 0. The van der Waals surface area contributed by atoms with Gasteiger partial charge >= 0.3 is 0 Å². The molecule has 5 nitrogen and oxygen atoms in total. The van der Waals surface area contributed by atoms with Crippen LogP contribution in [0.5, 0.6) is 0 Å². The molecule has 6 heteroatoms. The second-order valence-electron chi connectivity index (χ2n) is 2.24. The van der Waals surface area contributed by atoms with E-state index in [0.29, 0.717) is 5.95 Å². The van der Waals surface area contributed by atoms with Gasteiger partial charge in [0.15, 0.2) is 0 Å². The fourth-order valence-corrected chi connectivity index (χ4v) is 0.870. The SMILES string of the molecule is Cl.c1ccc(Nc2nnn[nH]2)cc1. The largest absolute Gasteiger partial charge is 0.323 e. The lowest BCUT2D eigenvalue weighted by molar-refractivity contribution is 0.881. The molecule has 0 spiro atoms. The van der Waals surface area contributed by atoms with Gasteiger partial charge in [-0.1, -0.05) is 23.3 Å². The van der Waals surface area contributed by atoms with Crippen LogP contribution >= 0.6 is 12.4 Å². The van der Waals surface area contributed by atoms with Gasteiger partial charge in [0.25, 0.3) is 0 Å². The lowest BCUT2D eigenvalue weighted by atomic mass is 10.3. The number of para-hydroxylation sites is 1. The Morgan fingerprint density at radius 1 is 1.15 bits per heavy atom. The number of hydrogen-bond donors (Lipinski definition) is 2. The Morgan fingerprint density at radius 3 is 2.54 bits per heavy atom. The van der Waals surface area contributed by atoms with E-state index < -0.39 is 0 Å². The molecule has 2 rings (SSSR count). The second-order valence-corrected chi connectivity index (χ2v) is 2.24. The van der Waals surface area contributed by atoms with E-state index in [1.165, 1.54) is 0 Å². The second kappa shape index (κ2) is 4.42. The van der Waals surface area contributed by atoms with Crippen LogP contribution in [0.4, 0.5) is 11.6 Å². The number of nitrogens with zero attached hydrogens (tertiary/aromatic N) is 3. The van der Waals surface area contributed by atoms with Crippen LogP contribution in [0.15, 0.2) is 30.3 Å². The summed E-state index contributed by atoms with van der Waals surface area (Å²) in [5, 5.41) is 16.1. The third-order valence-electron chi connectivity index (χ3n) is 1.38. The molecule has 0 aliphatic heterocycles. The first kappa shape index (κ1) is 9.47. The first-order valence-corrected chi connectivity index (χ1v) is 3.51. The molecule has 0 aliphatic rings. The van der Waals surface area contributed by atoms with Gasteiger partial charge in [-0.25, -0.2) is 5.10 Å². The summed E-state index contributed by atoms with van der Waals surface area (Å²) < 4.78 is 0. The molecule has 1 aromatic carbocycles. The van der Waals surface area contributed by atoms with Crippen molar-refractivity contribution in [2.24, 2.45) is 0 Å². The number of rotatable bonds is 2. The number of halogens is 1. The van der Waals surface area contributed by atoms with Crippen molar-refractivity contribution in [3.8, 4) is 0 Å². The monoisotopic (exact) mass is 197 g/mol.